The first kappa shape index (κ1) is 10.4. The summed E-state index contributed by atoms with van der Waals surface area (Å²) in [7, 11) is 0. The van der Waals surface area contributed by atoms with Crippen LogP contribution in [0.15, 0.2) is 41.3 Å². The highest BCUT2D eigenvalue weighted by atomic mass is 16.5. The first-order valence-electron chi connectivity index (χ1n) is 5.80. The summed E-state index contributed by atoms with van der Waals surface area (Å²) in [6, 6.07) is 9.65. The van der Waals surface area contributed by atoms with E-state index in [1.165, 1.54) is 0 Å². The van der Waals surface area contributed by atoms with E-state index >= 15 is 0 Å². The third kappa shape index (κ3) is 1.80. The zero-order chi connectivity index (χ0) is 11.7. The number of morpholine rings is 1. The quantitative estimate of drug-likeness (QED) is 0.732. The molecule has 1 aliphatic rings. The summed E-state index contributed by atoms with van der Waals surface area (Å²) in [6.45, 7) is 2.88. The molecule has 17 heavy (non-hydrogen) atoms. The summed E-state index contributed by atoms with van der Waals surface area (Å²) in [5.74, 6) is 0. The van der Waals surface area contributed by atoms with Crippen LogP contribution in [0.2, 0.25) is 0 Å². The molecule has 0 bridgehead atoms. The molecule has 0 unspecified atom stereocenters. The second-order valence-electron chi connectivity index (χ2n) is 4.12. The maximum absolute atomic E-state index is 12.3. The molecule has 3 rings (SSSR count). The average molecular weight is 230 g/mol. The Hall–Kier alpha value is -1.81. The number of ether oxygens (including phenoxy) is 1. The fraction of sp³-hybridized carbons (Fsp3) is 0.308. The molecule has 0 spiro atoms. The molecule has 1 fully saturated rings. The van der Waals surface area contributed by atoms with Crippen molar-refractivity contribution in [3.05, 3.63) is 46.9 Å². The van der Waals surface area contributed by atoms with Gasteiger partial charge in [0.25, 0.3) is 5.56 Å². The van der Waals surface area contributed by atoms with E-state index in [1.807, 2.05) is 41.5 Å². The van der Waals surface area contributed by atoms with Crippen molar-refractivity contribution in [3.63, 3.8) is 0 Å². The topological polar surface area (TPSA) is 34.5 Å². The first-order valence-corrected chi connectivity index (χ1v) is 5.80. The Labute approximate surface area is 99.0 Å². The van der Waals surface area contributed by atoms with Gasteiger partial charge >= 0.3 is 0 Å². The largest absolute Gasteiger partial charge is 0.378 e. The number of benzene rings is 1. The molecule has 1 aliphatic heterocycles. The number of pyridine rings is 1. The van der Waals surface area contributed by atoms with Crippen LogP contribution in [0.25, 0.3) is 10.8 Å². The molecule has 0 N–H and O–H groups in total. The molecule has 2 aromatic rings. The van der Waals surface area contributed by atoms with Crippen LogP contribution in [0.1, 0.15) is 0 Å². The summed E-state index contributed by atoms with van der Waals surface area (Å²) in [5.41, 5.74) is 0.0463. The third-order valence-electron chi connectivity index (χ3n) is 3.09. The Morgan fingerprint density at radius 2 is 1.82 bits per heavy atom. The lowest BCUT2D eigenvalue weighted by molar-refractivity contribution is 0.111. The minimum Gasteiger partial charge on any atom is -0.378 e. The monoisotopic (exact) mass is 230 g/mol. The van der Waals surface area contributed by atoms with Gasteiger partial charge in [0, 0.05) is 11.6 Å². The van der Waals surface area contributed by atoms with Crippen molar-refractivity contribution < 1.29 is 4.74 Å². The minimum atomic E-state index is 0.0463. The zero-order valence-electron chi connectivity index (χ0n) is 9.50. The van der Waals surface area contributed by atoms with Crippen molar-refractivity contribution >= 4 is 10.8 Å². The van der Waals surface area contributed by atoms with E-state index in [9.17, 15) is 4.79 Å². The van der Waals surface area contributed by atoms with Gasteiger partial charge in [-0.25, -0.2) is 4.68 Å². The van der Waals surface area contributed by atoms with E-state index in [-0.39, 0.29) is 5.56 Å². The van der Waals surface area contributed by atoms with Gasteiger partial charge in [-0.05, 0) is 17.5 Å². The molecule has 88 valence electrons. The van der Waals surface area contributed by atoms with Crippen LogP contribution >= 0.6 is 0 Å². The number of aromatic nitrogens is 1. The van der Waals surface area contributed by atoms with E-state index in [4.69, 9.17) is 4.74 Å². The molecule has 4 nitrogen and oxygen atoms in total. The van der Waals surface area contributed by atoms with Crippen molar-refractivity contribution in [2.24, 2.45) is 0 Å². The van der Waals surface area contributed by atoms with E-state index in [0.717, 1.165) is 23.9 Å². The van der Waals surface area contributed by atoms with Gasteiger partial charge in [0.05, 0.1) is 26.3 Å². The molecule has 4 heteroatoms. The maximum Gasteiger partial charge on any atom is 0.276 e. The second kappa shape index (κ2) is 4.22. The number of hydrogen-bond donors (Lipinski definition) is 0. The van der Waals surface area contributed by atoms with Gasteiger partial charge in [0.15, 0.2) is 0 Å². The molecule has 1 aromatic carbocycles. The standard InChI is InChI=1S/C13H14N2O2/c16-13-12-4-2-1-3-11(12)5-6-15(13)14-7-9-17-10-8-14/h1-6H,7-10H2. The summed E-state index contributed by atoms with van der Waals surface area (Å²) < 4.78 is 6.99. The lowest BCUT2D eigenvalue weighted by atomic mass is 10.2. The molecule has 1 saturated heterocycles. The van der Waals surface area contributed by atoms with E-state index in [2.05, 4.69) is 0 Å². The molecule has 0 radical (unpaired) electrons. The number of hydrogen-bond acceptors (Lipinski definition) is 3. The predicted molar refractivity (Wildman–Crippen MR) is 67.0 cm³/mol. The Morgan fingerprint density at radius 3 is 2.65 bits per heavy atom. The first-order chi connectivity index (χ1) is 8.36. The highest BCUT2D eigenvalue weighted by Gasteiger charge is 2.12. The number of rotatable bonds is 1. The van der Waals surface area contributed by atoms with E-state index in [0.29, 0.717) is 13.2 Å². The van der Waals surface area contributed by atoms with Gasteiger partial charge in [0.2, 0.25) is 0 Å². The SMILES string of the molecule is O=c1c2ccccc2ccn1N1CCOCC1. The maximum atomic E-state index is 12.3. The molecule has 0 atom stereocenters. The Bertz CT molecular complexity index is 585. The average Bonchev–Trinajstić information content (AvgIpc) is 2.40. The lowest BCUT2D eigenvalue weighted by Crippen LogP contribution is -2.48. The van der Waals surface area contributed by atoms with Gasteiger partial charge < -0.3 is 9.75 Å². The van der Waals surface area contributed by atoms with Crippen LogP contribution < -0.4 is 10.6 Å². The highest BCUT2D eigenvalue weighted by Crippen LogP contribution is 2.08. The van der Waals surface area contributed by atoms with Gasteiger partial charge in [0.1, 0.15) is 0 Å². The molecule has 1 aromatic heterocycles. The fourth-order valence-corrected chi connectivity index (χ4v) is 2.17. The molecular weight excluding hydrogens is 216 g/mol. The van der Waals surface area contributed by atoms with Crippen LogP contribution in [0, 0.1) is 0 Å². The number of fused-ring (bicyclic) bond motifs is 1. The second-order valence-corrected chi connectivity index (χ2v) is 4.12. The van der Waals surface area contributed by atoms with Gasteiger partial charge in [-0.2, -0.15) is 0 Å². The summed E-state index contributed by atoms with van der Waals surface area (Å²) in [5, 5.41) is 3.78. The summed E-state index contributed by atoms with van der Waals surface area (Å²) in [4.78, 5) is 12.3. The smallest absolute Gasteiger partial charge is 0.276 e. The van der Waals surface area contributed by atoms with Crippen LogP contribution in [0.4, 0.5) is 0 Å². The van der Waals surface area contributed by atoms with E-state index in [1.54, 1.807) is 4.68 Å². The van der Waals surface area contributed by atoms with Crippen molar-refractivity contribution in [3.8, 4) is 0 Å². The van der Waals surface area contributed by atoms with Crippen molar-refractivity contribution in [2.75, 3.05) is 31.3 Å². The summed E-state index contributed by atoms with van der Waals surface area (Å²) in [6.07, 6.45) is 1.84. The van der Waals surface area contributed by atoms with Crippen LogP contribution in [0.5, 0.6) is 0 Å². The molecular formula is C13H14N2O2. The van der Waals surface area contributed by atoms with Crippen LogP contribution in [-0.4, -0.2) is 31.0 Å². The zero-order valence-corrected chi connectivity index (χ0v) is 9.50. The third-order valence-corrected chi connectivity index (χ3v) is 3.09. The van der Waals surface area contributed by atoms with Crippen LogP contribution in [0.3, 0.4) is 0 Å². The minimum absolute atomic E-state index is 0.0463. The van der Waals surface area contributed by atoms with Gasteiger partial charge in [-0.1, -0.05) is 18.2 Å². The predicted octanol–water partition coefficient (Wildman–Crippen LogP) is 0.970. The van der Waals surface area contributed by atoms with Crippen molar-refractivity contribution in [1.82, 2.24) is 4.68 Å². The molecule has 0 aliphatic carbocycles. The van der Waals surface area contributed by atoms with Gasteiger partial charge in [-0.3, -0.25) is 4.79 Å². The van der Waals surface area contributed by atoms with Crippen molar-refractivity contribution in [2.45, 2.75) is 0 Å². The Balaban J connectivity index is 2.11. The Kier molecular flexibility index (Phi) is 2.57. The molecule has 0 saturated carbocycles. The van der Waals surface area contributed by atoms with Crippen molar-refractivity contribution in [1.29, 1.82) is 0 Å². The van der Waals surface area contributed by atoms with E-state index < -0.39 is 0 Å². The number of nitrogens with zero attached hydrogens (tertiary/aromatic N) is 2. The van der Waals surface area contributed by atoms with Gasteiger partial charge in [-0.15, -0.1) is 0 Å². The normalized spacial score (nSPS) is 16.4. The highest BCUT2D eigenvalue weighted by molar-refractivity contribution is 5.81. The summed E-state index contributed by atoms with van der Waals surface area (Å²) >= 11 is 0. The molecule has 0 amide bonds. The lowest BCUT2D eigenvalue weighted by Gasteiger charge is -2.30. The van der Waals surface area contributed by atoms with Crippen LogP contribution in [-0.2, 0) is 4.74 Å². The fourth-order valence-electron chi connectivity index (χ4n) is 2.17. The molecule has 2 heterocycles. The Morgan fingerprint density at radius 1 is 1.06 bits per heavy atom.